The summed E-state index contributed by atoms with van der Waals surface area (Å²) in [7, 11) is 0. The van der Waals surface area contributed by atoms with E-state index >= 15 is 0 Å². The highest BCUT2D eigenvalue weighted by molar-refractivity contribution is 5.18. The van der Waals surface area contributed by atoms with Gasteiger partial charge in [-0.3, -0.25) is 0 Å². The molecule has 5 heteroatoms. The van der Waals surface area contributed by atoms with Gasteiger partial charge in [-0.25, -0.2) is 4.68 Å². The van der Waals surface area contributed by atoms with Gasteiger partial charge in [0.2, 0.25) is 5.95 Å². The van der Waals surface area contributed by atoms with Gasteiger partial charge in [-0.15, -0.1) is 0 Å². The molecular weight excluding hydrogens is 180 g/mol. The second-order valence-electron chi connectivity index (χ2n) is 3.75. The first-order valence-corrected chi connectivity index (χ1v) is 5.11. The third-order valence-electron chi connectivity index (χ3n) is 2.78. The van der Waals surface area contributed by atoms with Crippen LogP contribution in [0.3, 0.4) is 0 Å². The molecule has 0 radical (unpaired) electrons. The van der Waals surface area contributed by atoms with Crippen molar-refractivity contribution >= 4 is 5.95 Å². The fraction of sp³-hybridized carbons (Fsp3) is 0.778. The maximum atomic E-state index is 9.70. The first-order chi connectivity index (χ1) is 6.72. The second-order valence-corrected chi connectivity index (χ2v) is 3.75. The van der Waals surface area contributed by atoms with Crippen LogP contribution in [0.4, 0.5) is 5.95 Å². The summed E-state index contributed by atoms with van der Waals surface area (Å²) in [5, 5.41) is 14.0. The van der Waals surface area contributed by atoms with E-state index in [1.54, 1.807) is 4.68 Å². The van der Waals surface area contributed by atoms with Gasteiger partial charge >= 0.3 is 0 Å². The third-order valence-corrected chi connectivity index (χ3v) is 2.78. The summed E-state index contributed by atoms with van der Waals surface area (Å²) >= 11 is 0. The second kappa shape index (κ2) is 3.57. The number of aryl methyl sites for hydroxylation is 1. The summed E-state index contributed by atoms with van der Waals surface area (Å²) in [6.07, 6.45) is 3.28. The van der Waals surface area contributed by atoms with E-state index in [9.17, 15) is 5.11 Å². The highest BCUT2D eigenvalue weighted by atomic mass is 16.3. The van der Waals surface area contributed by atoms with Gasteiger partial charge in [0.15, 0.2) is 5.82 Å². The van der Waals surface area contributed by atoms with Gasteiger partial charge in [0.1, 0.15) is 0 Å². The van der Waals surface area contributed by atoms with Crippen molar-refractivity contribution < 1.29 is 5.11 Å². The lowest BCUT2D eigenvalue weighted by Gasteiger charge is -2.14. The maximum absolute atomic E-state index is 9.70. The molecule has 3 N–H and O–H groups in total. The highest BCUT2D eigenvalue weighted by Crippen LogP contribution is 2.30. The molecule has 78 valence electrons. The zero-order valence-corrected chi connectivity index (χ0v) is 8.35. The zero-order chi connectivity index (χ0) is 10.1. The quantitative estimate of drug-likeness (QED) is 0.722. The average Bonchev–Trinajstić information content (AvgIpc) is 2.72. The molecule has 0 spiro atoms. The Morgan fingerprint density at radius 3 is 2.86 bits per heavy atom. The van der Waals surface area contributed by atoms with E-state index in [2.05, 4.69) is 10.1 Å². The number of nitrogens with two attached hydrogens (primary N) is 1. The van der Waals surface area contributed by atoms with E-state index in [-0.39, 0.29) is 12.1 Å². The van der Waals surface area contributed by atoms with Crippen molar-refractivity contribution in [2.75, 3.05) is 5.73 Å². The molecule has 1 aliphatic carbocycles. The van der Waals surface area contributed by atoms with Crippen molar-refractivity contribution in [1.82, 2.24) is 14.8 Å². The van der Waals surface area contributed by atoms with E-state index in [0.717, 1.165) is 31.5 Å². The standard InChI is InChI=1S/C9H16N4O/c1-2-8-11-9(10)13(12-8)6-4-3-5-7(6)14/h6-7,14H,2-5H2,1H3,(H2,10,11,12). The van der Waals surface area contributed by atoms with Crippen molar-refractivity contribution in [3.8, 4) is 0 Å². The van der Waals surface area contributed by atoms with Gasteiger partial charge in [-0.2, -0.15) is 10.1 Å². The van der Waals surface area contributed by atoms with Crippen molar-refractivity contribution in [3.63, 3.8) is 0 Å². The zero-order valence-electron chi connectivity index (χ0n) is 8.35. The molecule has 1 aliphatic rings. The average molecular weight is 196 g/mol. The summed E-state index contributed by atoms with van der Waals surface area (Å²) in [5.41, 5.74) is 5.74. The van der Waals surface area contributed by atoms with Gasteiger partial charge in [0.25, 0.3) is 0 Å². The number of rotatable bonds is 2. The molecule has 2 rings (SSSR count). The van der Waals surface area contributed by atoms with Gasteiger partial charge < -0.3 is 10.8 Å². The molecule has 0 aliphatic heterocycles. The minimum absolute atomic E-state index is 0.0304. The van der Waals surface area contributed by atoms with Gasteiger partial charge in [-0.05, 0) is 19.3 Å². The molecule has 0 aromatic carbocycles. The minimum atomic E-state index is -0.316. The number of aromatic nitrogens is 3. The van der Waals surface area contributed by atoms with Crippen LogP contribution in [0.15, 0.2) is 0 Å². The molecule has 14 heavy (non-hydrogen) atoms. The molecule has 0 bridgehead atoms. The lowest BCUT2D eigenvalue weighted by Crippen LogP contribution is -2.21. The summed E-state index contributed by atoms with van der Waals surface area (Å²) < 4.78 is 1.68. The fourth-order valence-electron chi connectivity index (χ4n) is 1.98. The van der Waals surface area contributed by atoms with Crippen LogP contribution >= 0.6 is 0 Å². The molecule has 1 saturated carbocycles. The maximum Gasteiger partial charge on any atom is 0.219 e. The normalized spacial score (nSPS) is 27.0. The molecule has 0 saturated heterocycles. The summed E-state index contributed by atoms with van der Waals surface area (Å²) in [6, 6.07) is 0.0304. The Bertz CT molecular complexity index is 323. The minimum Gasteiger partial charge on any atom is -0.391 e. The van der Waals surface area contributed by atoms with Crippen molar-refractivity contribution in [2.45, 2.75) is 44.8 Å². The predicted molar refractivity (Wildman–Crippen MR) is 52.7 cm³/mol. The van der Waals surface area contributed by atoms with Gasteiger partial charge in [0.05, 0.1) is 12.1 Å². The molecule has 1 heterocycles. The van der Waals surface area contributed by atoms with Crippen molar-refractivity contribution in [1.29, 1.82) is 0 Å². The monoisotopic (exact) mass is 196 g/mol. The molecule has 2 atom stereocenters. The topological polar surface area (TPSA) is 77.0 Å². The number of aliphatic hydroxyl groups excluding tert-OH is 1. The molecule has 1 aromatic rings. The van der Waals surface area contributed by atoms with Gasteiger partial charge in [-0.1, -0.05) is 6.92 Å². The van der Waals surface area contributed by atoms with Crippen LogP contribution < -0.4 is 5.73 Å². The number of hydrogen-bond acceptors (Lipinski definition) is 4. The van der Waals surface area contributed by atoms with Crippen LogP contribution in [-0.4, -0.2) is 26.0 Å². The summed E-state index contributed by atoms with van der Waals surface area (Å²) in [5.74, 6) is 1.18. The Balaban J connectivity index is 2.26. The van der Waals surface area contributed by atoms with Crippen LogP contribution in [0.5, 0.6) is 0 Å². The SMILES string of the molecule is CCc1nc(N)n(C2CCCC2O)n1. The Kier molecular flexibility index (Phi) is 2.41. The molecule has 2 unspecified atom stereocenters. The number of nitrogen functional groups attached to an aromatic ring is 1. The fourth-order valence-corrected chi connectivity index (χ4v) is 1.98. The predicted octanol–water partition coefficient (Wildman–Crippen LogP) is 0.509. The summed E-state index contributed by atoms with van der Waals surface area (Å²) in [4.78, 5) is 4.13. The Morgan fingerprint density at radius 2 is 2.36 bits per heavy atom. The van der Waals surface area contributed by atoms with Crippen LogP contribution in [0.2, 0.25) is 0 Å². The van der Waals surface area contributed by atoms with Crippen LogP contribution in [0.25, 0.3) is 0 Å². The van der Waals surface area contributed by atoms with Crippen LogP contribution in [0.1, 0.15) is 38.1 Å². The molecule has 1 fully saturated rings. The van der Waals surface area contributed by atoms with E-state index in [1.165, 1.54) is 0 Å². The largest absolute Gasteiger partial charge is 0.391 e. The number of aliphatic hydroxyl groups is 1. The summed E-state index contributed by atoms with van der Waals surface area (Å²) in [6.45, 7) is 1.99. The Hall–Kier alpha value is -1.10. The third kappa shape index (κ3) is 1.48. The molecule has 1 aromatic heterocycles. The molecule has 0 amide bonds. The highest BCUT2D eigenvalue weighted by Gasteiger charge is 2.29. The van der Waals surface area contributed by atoms with Gasteiger partial charge in [0, 0.05) is 6.42 Å². The van der Waals surface area contributed by atoms with Crippen molar-refractivity contribution in [3.05, 3.63) is 5.82 Å². The van der Waals surface area contributed by atoms with Crippen LogP contribution in [-0.2, 0) is 6.42 Å². The lowest BCUT2D eigenvalue weighted by atomic mass is 10.2. The first-order valence-electron chi connectivity index (χ1n) is 5.11. The van der Waals surface area contributed by atoms with E-state index in [0.29, 0.717) is 5.95 Å². The van der Waals surface area contributed by atoms with E-state index in [4.69, 9.17) is 5.73 Å². The smallest absolute Gasteiger partial charge is 0.219 e. The van der Waals surface area contributed by atoms with E-state index < -0.39 is 0 Å². The van der Waals surface area contributed by atoms with Crippen LogP contribution in [0, 0.1) is 0 Å². The van der Waals surface area contributed by atoms with Crippen molar-refractivity contribution in [2.24, 2.45) is 0 Å². The Morgan fingerprint density at radius 1 is 1.57 bits per heavy atom. The van der Waals surface area contributed by atoms with E-state index in [1.807, 2.05) is 6.92 Å². The first kappa shape index (κ1) is 9.45. The number of anilines is 1. The number of hydrogen-bond donors (Lipinski definition) is 2. The Labute approximate surface area is 82.9 Å². The number of nitrogens with zero attached hydrogens (tertiary/aromatic N) is 3. The lowest BCUT2D eigenvalue weighted by molar-refractivity contribution is 0.131. The molecule has 5 nitrogen and oxygen atoms in total. The molecular formula is C9H16N4O.